The van der Waals surface area contributed by atoms with Gasteiger partial charge in [0.1, 0.15) is 0 Å². The Morgan fingerprint density at radius 2 is 1.82 bits per heavy atom. The topological polar surface area (TPSA) is 142 Å². The Bertz CT molecular complexity index is 1280. The van der Waals surface area contributed by atoms with Gasteiger partial charge in [0, 0.05) is 29.9 Å². The number of hydrogen-bond acceptors (Lipinski definition) is 8. The largest absolute Gasteiger partial charge is 0.490 e. The minimum absolute atomic E-state index is 0.177. The summed E-state index contributed by atoms with van der Waals surface area (Å²) in [5.74, 6) is 1.18. The summed E-state index contributed by atoms with van der Waals surface area (Å²) in [6.07, 6.45) is 4.77. The number of aromatic nitrogens is 1. The molecule has 3 aromatic rings. The third-order valence-electron chi connectivity index (χ3n) is 6.11. The van der Waals surface area contributed by atoms with Gasteiger partial charge in [-0.05, 0) is 62.0 Å². The second-order valence-corrected chi connectivity index (χ2v) is 9.61. The number of anilines is 2. The first-order valence-corrected chi connectivity index (χ1v) is 14.2. The average molecular weight is 540 g/mol. The second kappa shape index (κ2) is 13.9. The highest BCUT2D eigenvalue weighted by Crippen LogP contribution is 2.38. The summed E-state index contributed by atoms with van der Waals surface area (Å²) < 4.78 is 11.6. The first kappa shape index (κ1) is 29.1. The van der Waals surface area contributed by atoms with E-state index in [4.69, 9.17) is 20.9 Å². The number of carbonyl (C=O) groups excluding carboxylic acids is 2. The van der Waals surface area contributed by atoms with Gasteiger partial charge in [0.25, 0.3) is 5.91 Å². The lowest BCUT2D eigenvalue weighted by Gasteiger charge is -2.20. The predicted molar refractivity (Wildman–Crippen MR) is 155 cm³/mol. The quantitative estimate of drug-likeness (QED) is 0.240. The summed E-state index contributed by atoms with van der Waals surface area (Å²) in [7, 11) is 0. The Hall–Kier alpha value is -3.50. The molecule has 0 unspecified atom stereocenters. The second-order valence-electron chi connectivity index (χ2n) is 8.62. The number of amides is 2. The first-order valence-electron chi connectivity index (χ1n) is 12.8. The number of ether oxygens (including phenoxy) is 2. The highest BCUT2D eigenvalue weighted by molar-refractivity contribution is 7.98. The predicted octanol–water partition coefficient (Wildman–Crippen LogP) is 4.13. The van der Waals surface area contributed by atoms with Crippen LogP contribution in [0.3, 0.4) is 0 Å². The van der Waals surface area contributed by atoms with Crippen molar-refractivity contribution < 1.29 is 19.1 Å². The number of nitrogens with zero attached hydrogens (tertiary/aromatic N) is 1. The molecule has 1 aromatic heterocycles. The lowest BCUT2D eigenvalue weighted by molar-refractivity contribution is -0.122. The number of benzene rings is 2. The molecule has 204 valence electrons. The maximum absolute atomic E-state index is 12.5. The molecule has 0 radical (unpaired) electrons. The number of nitrogens with two attached hydrogens (primary N) is 2. The molecule has 3 rings (SSSR count). The van der Waals surface area contributed by atoms with Crippen molar-refractivity contribution in [3.63, 3.8) is 0 Å². The number of nitrogens with one attached hydrogen (secondary N) is 2. The van der Waals surface area contributed by atoms with E-state index >= 15 is 0 Å². The summed E-state index contributed by atoms with van der Waals surface area (Å²) in [6.45, 7) is 7.10. The number of thioether (sulfide) groups is 1. The van der Waals surface area contributed by atoms with Gasteiger partial charge in [0.05, 0.1) is 36.0 Å². The zero-order chi connectivity index (χ0) is 27.7. The van der Waals surface area contributed by atoms with Crippen LogP contribution in [0.25, 0.3) is 10.9 Å². The van der Waals surface area contributed by atoms with E-state index in [0.717, 1.165) is 22.6 Å². The summed E-state index contributed by atoms with van der Waals surface area (Å²) >= 11 is 1.66. The monoisotopic (exact) mass is 539 g/mol. The molecule has 2 aromatic carbocycles. The van der Waals surface area contributed by atoms with Gasteiger partial charge >= 0.3 is 0 Å². The number of fused-ring (bicyclic) bond motifs is 1. The van der Waals surface area contributed by atoms with E-state index in [-0.39, 0.29) is 11.5 Å². The van der Waals surface area contributed by atoms with Gasteiger partial charge in [-0.25, -0.2) is 0 Å². The maximum atomic E-state index is 12.5. The van der Waals surface area contributed by atoms with Crippen molar-refractivity contribution in [2.75, 3.05) is 30.5 Å². The molecule has 9 nitrogen and oxygen atoms in total. The summed E-state index contributed by atoms with van der Waals surface area (Å²) in [5.41, 5.74) is 15.9. The van der Waals surface area contributed by atoms with Crippen molar-refractivity contribution in [2.45, 2.75) is 46.2 Å². The molecule has 10 heteroatoms. The molecular formula is C28H37N5O4S. The van der Waals surface area contributed by atoms with E-state index in [1.807, 2.05) is 51.3 Å². The molecule has 0 fully saturated rings. The van der Waals surface area contributed by atoms with Crippen LogP contribution in [0.15, 0.2) is 36.5 Å². The molecule has 38 heavy (non-hydrogen) atoms. The number of carbonyl (C=O) groups is 2. The van der Waals surface area contributed by atoms with Crippen molar-refractivity contribution in [3.05, 3.63) is 53.2 Å². The average Bonchev–Trinajstić information content (AvgIpc) is 2.91. The smallest absolute Gasteiger partial charge is 0.252 e. The van der Waals surface area contributed by atoms with E-state index in [2.05, 4.69) is 15.6 Å². The summed E-state index contributed by atoms with van der Waals surface area (Å²) in [4.78, 5) is 29.3. The molecule has 0 saturated carbocycles. The van der Waals surface area contributed by atoms with Gasteiger partial charge in [-0.1, -0.05) is 19.1 Å². The zero-order valence-corrected chi connectivity index (χ0v) is 23.2. The van der Waals surface area contributed by atoms with Crippen LogP contribution in [0.1, 0.15) is 48.7 Å². The Morgan fingerprint density at radius 1 is 1.11 bits per heavy atom. The van der Waals surface area contributed by atoms with Crippen molar-refractivity contribution in [2.24, 2.45) is 11.5 Å². The van der Waals surface area contributed by atoms with Gasteiger partial charge in [0.15, 0.2) is 11.5 Å². The number of pyridine rings is 1. The van der Waals surface area contributed by atoms with Gasteiger partial charge < -0.3 is 31.6 Å². The van der Waals surface area contributed by atoms with Crippen LogP contribution < -0.4 is 31.6 Å². The normalized spacial score (nSPS) is 11.7. The minimum Gasteiger partial charge on any atom is -0.490 e. The molecule has 0 bridgehead atoms. The van der Waals surface area contributed by atoms with E-state index in [1.165, 1.54) is 6.20 Å². The van der Waals surface area contributed by atoms with Crippen molar-refractivity contribution in [1.82, 2.24) is 10.3 Å². The highest BCUT2D eigenvalue weighted by Gasteiger charge is 2.19. The molecule has 0 saturated heterocycles. The third-order valence-corrected chi connectivity index (χ3v) is 6.75. The number of rotatable bonds is 14. The fourth-order valence-corrected chi connectivity index (χ4v) is 4.71. The molecule has 6 N–H and O–H groups in total. The fraction of sp³-hybridized carbons (Fsp3) is 0.393. The fourth-order valence-electron chi connectivity index (χ4n) is 4.22. The molecule has 2 amide bonds. The third kappa shape index (κ3) is 6.87. The standard InChI is InChI=1S/C28H37N5O4S/c1-5-18-17(15-32-28(35)21(29)11-12-38-4)9-8-10-22(18)33-26-19-13-24(36-6-2)25(37-7-3)14-23(19)31-16-20(26)27(30)34/h8-10,13-14,16,21H,5-7,11-12,15,29H2,1-4H3,(H2,30,34)(H,31,33)(H,32,35)/t21-/m0/s1. The molecule has 0 aliphatic heterocycles. The van der Waals surface area contributed by atoms with E-state index in [9.17, 15) is 9.59 Å². The molecule has 1 atom stereocenters. The Morgan fingerprint density at radius 3 is 2.45 bits per heavy atom. The Kier molecular flexibility index (Phi) is 10.6. The number of hydrogen-bond donors (Lipinski definition) is 4. The lowest BCUT2D eigenvalue weighted by atomic mass is 10.0. The van der Waals surface area contributed by atoms with Crippen LogP contribution >= 0.6 is 11.8 Å². The van der Waals surface area contributed by atoms with E-state index in [1.54, 1.807) is 17.8 Å². The maximum Gasteiger partial charge on any atom is 0.252 e. The molecule has 1 heterocycles. The van der Waals surface area contributed by atoms with Crippen molar-refractivity contribution in [3.8, 4) is 11.5 Å². The lowest BCUT2D eigenvalue weighted by Crippen LogP contribution is -2.40. The Balaban J connectivity index is 2.02. The highest BCUT2D eigenvalue weighted by atomic mass is 32.2. The minimum atomic E-state index is -0.602. The van der Waals surface area contributed by atoms with Gasteiger partial charge in [-0.2, -0.15) is 11.8 Å². The number of primary amides is 1. The van der Waals surface area contributed by atoms with Crippen LogP contribution in [-0.2, 0) is 17.8 Å². The molecular weight excluding hydrogens is 502 g/mol. The van der Waals surface area contributed by atoms with Crippen LogP contribution in [0.5, 0.6) is 11.5 Å². The van der Waals surface area contributed by atoms with Gasteiger partial charge in [-0.15, -0.1) is 0 Å². The Labute approximate surface area is 228 Å². The first-order chi connectivity index (χ1) is 18.3. The van der Waals surface area contributed by atoms with Crippen molar-refractivity contribution in [1.29, 1.82) is 0 Å². The zero-order valence-electron chi connectivity index (χ0n) is 22.4. The van der Waals surface area contributed by atoms with Crippen LogP contribution in [0.4, 0.5) is 11.4 Å². The molecule has 0 aliphatic rings. The summed E-state index contributed by atoms with van der Waals surface area (Å²) in [6, 6.07) is 8.88. The van der Waals surface area contributed by atoms with E-state index in [0.29, 0.717) is 60.7 Å². The van der Waals surface area contributed by atoms with Crippen LogP contribution in [0.2, 0.25) is 0 Å². The van der Waals surface area contributed by atoms with Gasteiger partial charge in [-0.3, -0.25) is 14.6 Å². The van der Waals surface area contributed by atoms with E-state index < -0.39 is 11.9 Å². The summed E-state index contributed by atoms with van der Waals surface area (Å²) in [5, 5.41) is 7.07. The molecule has 0 spiro atoms. The molecule has 0 aliphatic carbocycles. The van der Waals surface area contributed by atoms with Crippen LogP contribution in [-0.4, -0.2) is 48.1 Å². The van der Waals surface area contributed by atoms with Crippen molar-refractivity contribution >= 4 is 45.9 Å². The van der Waals surface area contributed by atoms with Crippen LogP contribution in [0, 0.1) is 0 Å². The van der Waals surface area contributed by atoms with Gasteiger partial charge in [0.2, 0.25) is 5.91 Å². The SMILES string of the molecule is CCOc1cc2ncc(C(N)=O)c(Nc3cccc(CNC(=O)[C@@H](N)CCSC)c3CC)c2cc1OCC.